The molecule has 0 aromatic heterocycles. The lowest BCUT2D eigenvalue weighted by molar-refractivity contribution is 1.52. The summed E-state index contributed by atoms with van der Waals surface area (Å²) in [5.41, 5.74) is 7.15. The molecule has 0 atom stereocenters. The number of nitrogens with zero attached hydrogens (tertiary/aromatic N) is 1. The highest BCUT2D eigenvalue weighted by Crippen LogP contribution is 2.19. The lowest BCUT2D eigenvalue weighted by Gasteiger charge is -1.95. The molecule has 0 aliphatic rings. The Morgan fingerprint density at radius 2 is 2.10 bits per heavy atom. The van der Waals surface area contributed by atoms with Gasteiger partial charge in [-0.15, -0.1) is 0 Å². The van der Waals surface area contributed by atoms with Gasteiger partial charge in [0.05, 0.1) is 11.4 Å². The van der Waals surface area contributed by atoms with E-state index in [0.29, 0.717) is 0 Å². The van der Waals surface area contributed by atoms with Crippen molar-refractivity contribution in [1.82, 2.24) is 0 Å². The number of anilines is 1. The summed E-state index contributed by atoms with van der Waals surface area (Å²) in [6.45, 7) is 1.87. The smallest absolute Gasteiger partial charge is 0.0854 e. The van der Waals surface area contributed by atoms with E-state index in [1.165, 1.54) is 0 Å². The van der Waals surface area contributed by atoms with Crippen molar-refractivity contribution < 1.29 is 0 Å². The molecular weight excluding hydrogens is 124 g/mol. The van der Waals surface area contributed by atoms with Gasteiger partial charge in [-0.3, -0.25) is 4.99 Å². The Hall–Kier alpha value is -1.31. The first-order valence-corrected chi connectivity index (χ1v) is 3.18. The molecule has 2 heteroatoms. The Balaban J connectivity index is 3.03. The van der Waals surface area contributed by atoms with Crippen molar-refractivity contribution in [2.75, 3.05) is 5.73 Å². The van der Waals surface area contributed by atoms with Crippen LogP contribution in [0.1, 0.15) is 6.92 Å². The van der Waals surface area contributed by atoms with Gasteiger partial charge >= 0.3 is 0 Å². The first kappa shape index (κ1) is 6.81. The Morgan fingerprint density at radius 1 is 1.40 bits per heavy atom. The van der Waals surface area contributed by atoms with Crippen molar-refractivity contribution in [2.45, 2.75) is 6.92 Å². The van der Waals surface area contributed by atoms with Crippen molar-refractivity contribution >= 4 is 17.6 Å². The van der Waals surface area contributed by atoms with Crippen molar-refractivity contribution in [3.05, 3.63) is 24.3 Å². The number of rotatable bonds is 1. The van der Waals surface area contributed by atoms with Gasteiger partial charge in [0.2, 0.25) is 0 Å². The zero-order valence-corrected chi connectivity index (χ0v) is 5.91. The topological polar surface area (TPSA) is 38.4 Å². The van der Waals surface area contributed by atoms with Gasteiger partial charge in [-0.2, -0.15) is 0 Å². The maximum Gasteiger partial charge on any atom is 0.0854 e. The van der Waals surface area contributed by atoms with Crippen LogP contribution in [0.4, 0.5) is 11.4 Å². The average Bonchev–Trinajstić information content (AvgIpc) is 1.94. The lowest BCUT2D eigenvalue weighted by Crippen LogP contribution is -1.83. The molecule has 0 aliphatic carbocycles. The number of hydrogen-bond acceptors (Lipinski definition) is 2. The molecule has 0 bridgehead atoms. The van der Waals surface area contributed by atoms with Gasteiger partial charge in [0, 0.05) is 6.21 Å². The van der Waals surface area contributed by atoms with Crippen LogP contribution >= 0.6 is 0 Å². The summed E-state index contributed by atoms with van der Waals surface area (Å²) >= 11 is 0. The van der Waals surface area contributed by atoms with Crippen LogP contribution in [0.3, 0.4) is 0 Å². The summed E-state index contributed by atoms with van der Waals surface area (Å²) in [5, 5.41) is 0. The summed E-state index contributed by atoms with van der Waals surface area (Å²) in [6, 6.07) is 7.53. The second kappa shape index (κ2) is 3.01. The van der Waals surface area contributed by atoms with E-state index in [1.807, 2.05) is 31.2 Å². The molecule has 1 aromatic carbocycles. The lowest BCUT2D eigenvalue weighted by atomic mass is 10.3. The molecule has 0 aliphatic heterocycles. The summed E-state index contributed by atoms with van der Waals surface area (Å²) < 4.78 is 0. The van der Waals surface area contributed by atoms with Crippen molar-refractivity contribution in [3.8, 4) is 0 Å². The minimum absolute atomic E-state index is 0.723. The quantitative estimate of drug-likeness (QED) is 0.463. The minimum Gasteiger partial charge on any atom is -0.397 e. The van der Waals surface area contributed by atoms with E-state index in [2.05, 4.69) is 4.99 Å². The van der Waals surface area contributed by atoms with Crippen LogP contribution in [-0.4, -0.2) is 6.21 Å². The minimum atomic E-state index is 0.723. The second-order valence-corrected chi connectivity index (χ2v) is 1.95. The molecule has 0 unspecified atom stereocenters. The molecule has 0 amide bonds. The van der Waals surface area contributed by atoms with Gasteiger partial charge in [-0.1, -0.05) is 12.1 Å². The molecule has 0 saturated heterocycles. The molecule has 0 fully saturated rings. The summed E-state index contributed by atoms with van der Waals surface area (Å²) in [7, 11) is 0. The largest absolute Gasteiger partial charge is 0.397 e. The van der Waals surface area contributed by atoms with Crippen LogP contribution in [0, 0.1) is 0 Å². The first-order chi connectivity index (χ1) is 4.84. The Bertz CT molecular complexity index is 241. The van der Waals surface area contributed by atoms with E-state index >= 15 is 0 Å². The Morgan fingerprint density at radius 3 is 2.70 bits per heavy atom. The second-order valence-electron chi connectivity index (χ2n) is 1.95. The SMILES string of the molecule is CC=Nc1ccccc1N. The molecule has 0 radical (unpaired) electrons. The maximum absolute atomic E-state index is 5.59. The zero-order chi connectivity index (χ0) is 7.40. The highest BCUT2D eigenvalue weighted by molar-refractivity contribution is 5.69. The predicted octanol–water partition coefficient (Wildman–Crippen LogP) is 1.99. The predicted molar refractivity (Wildman–Crippen MR) is 44.7 cm³/mol. The Kier molecular flexibility index (Phi) is 2.05. The van der Waals surface area contributed by atoms with E-state index < -0.39 is 0 Å². The number of para-hydroxylation sites is 2. The van der Waals surface area contributed by atoms with E-state index in [0.717, 1.165) is 11.4 Å². The third kappa shape index (κ3) is 1.35. The summed E-state index contributed by atoms with van der Waals surface area (Å²) in [5.74, 6) is 0. The third-order valence-electron chi connectivity index (χ3n) is 1.20. The van der Waals surface area contributed by atoms with Gasteiger partial charge in [-0.25, -0.2) is 0 Å². The summed E-state index contributed by atoms with van der Waals surface area (Å²) in [6.07, 6.45) is 1.73. The van der Waals surface area contributed by atoms with E-state index in [9.17, 15) is 0 Å². The first-order valence-electron chi connectivity index (χ1n) is 3.18. The number of benzene rings is 1. The molecule has 0 spiro atoms. The highest BCUT2D eigenvalue weighted by atomic mass is 14.8. The van der Waals surface area contributed by atoms with Gasteiger partial charge in [0.15, 0.2) is 0 Å². The summed E-state index contributed by atoms with van der Waals surface area (Å²) in [4.78, 5) is 4.06. The standard InChI is InChI=1S/C8H10N2/c1-2-10-8-6-4-3-5-7(8)9/h2-6H,9H2,1H3. The van der Waals surface area contributed by atoms with Gasteiger partial charge in [0.25, 0.3) is 0 Å². The van der Waals surface area contributed by atoms with E-state index in [1.54, 1.807) is 6.21 Å². The number of nitrogens with two attached hydrogens (primary N) is 1. The molecule has 52 valence electrons. The zero-order valence-electron chi connectivity index (χ0n) is 5.91. The molecular formula is C8H10N2. The molecule has 2 N–H and O–H groups in total. The number of nitrogen functional groups attached to an aromatic ring is 1. The van der Waals surface area contributed by atoms with Crippen LogP contribution < -0.4 is 5.73 Å². The van der Waals surface area contributed by atoms with Crippen molar-refractivity contribution in [2.24, 2.45) is 4.99 Å². The average molecular weight is 134 g/mol. The van der Waals surface area contributed by atoms with E-state index in [4.69, 9.17) is 5.73 Å². The van der Waals surface area contributed by atoms with E-state index in [-0.39, 0.29) is 0 Å². The Labute approximate surface area is 60.4 Å². The van der Waals surface area contributed by atoms with Crippen molar-refractivity contribution in [1.29, 1.82) is 0 Å². The molecule has 0 heterocycles. The fourth-order valence-corrected chi connectivity index (χ4v) is 0.744. The van der Waals surface area contributed by atoms with Crippen molar-refractivity contribution in [3.63, 3.8) is 0 Å². The monoisotopic (exact) mass is 134 g/mol. The number of hydrogen-bond donors (Lipinski definition) is 1. The highest BCUT2D eigenvalue weighted by Gasteiger charge is 1.89. The van der Waals surface area contributed by atoms with Crippen LogP contribution in [-0.2, 0) is 0 Å². The fourth-order valence-electron chi connectivity index (χ4n) is 0.744. The van der Waals surface area contributed by atoms with Gasteiger partial charge < -0.3 is 5.73 Å². The molecule has 0 saturated carbocycles. The maximum atomic E-state index is 5.59. The third-order valence-corrected chi connectivity index (χ3v) is 1.20. The molecule has 1 rings (SSSR count). The molecule has 1 aromatic rings. The van der Waals surface area contributed by atoms with Gasteiger partial charge in [-0.05, 0) is 19.1 Å². The van der Waals surface area contributed by atoms with Crippen LogP contribution in [0.2, 0.25) is 0 Å². The number of aliphatic imine (C=N–C) groups is 1. The van der Waals surface area contributed by atoms with Crippen LogP contribution in [0.25, 0.3) is 0 Å². The molecule has 10 heavy (non-hydrogen) atoms. The van der Waals surface area contributed by atoms with Gasteiger partial charge in [0.1, 0.15) is 0 Å². The normalized spacial score (nSPS) is 10.5. The molecule has 2 nitrogen and oxygen atoms in total. The van der Waals surface area contributed by atoms with Crippen LogP contribution in [0.5, 0.6) is 0 Å². The fraction of sp³-hybridized carbons (Fsp3) is 0.125. The van der Waals surface area contributed by atoms with Crippen LogP contribution in [0.15, 0.2) is 29.3 Å².